The van der Waals surface area contributed by atoms with E-state index in [1.54, 1.807) is 50.3 Å². The third-order valence-electron chi connectivity index (χ3n) is 5.73. The van der Waals surface area contributed by atoms with Gasteiger partial charge < -0.3 is 19.3 Å². The van der Waals surface area contributed by atoms with Crippen LogP contribution in [-0.4, -0.2) is 35.5 Å². The van der Waals surface area contributed by atoms with Crippen LogP contribution in [0.15, 0.2) is 51.4 Å². The van der Waals surface area contributed by atoms with Crippen LogP contribution in [0, 0.1) is 3.57 Å². The van der Waals surface area contributed by atoms with Crippen molar-refractivity contribution in [1.82, 2.24) is 4.57 Å². The first-order valence-electron chi connectivity index (χ1n) is 11.8. The molecule has 1 aliphatic rings. The van der Waals surface area contributed by atoms with Gasteiger partial charge in [-0.2, -0.15) is 0 Å². The van der Waals surface area contributed by atoms with Gasteiger partial charge in [0, 0.05) is 10.6 Å². The number of allylic oxidation sites excluding steroid dienone is 1. The zero-order chi connectivity index (χ0) is 27.7. The van der Waals surface area contributed by atoms with E-state index in [-0.39, 0.29) is 29.6 Å². The summed E-state index contributed by atoms with van der Waals surface area (Å²) in [4.78, 5) is 31.9. The van der Waals surface area contributed by atoms with Gasteiger partial charge in [0.25, 0.3) is 5.56 Å². The predicted octanol–water partition coefficient (Wildman–Crippen LogP) is 4.56. The second-order valence-corrected chi connectivity index (χ2v) is 11.3. The fraction of sp³-hybridized carbons (Fsp3) is 0.296. The van der Waals surface area contributed by atoms with E-state index in [0.29, 0.717) is 46.2 Å². The van der Waals surface area contributed by atoms with E-state index in [9.17, 15) is 14.7 Å². The number of phenols is 1. The summed E-state index contributed by atoms with van der Waals surface area (Å²) in [5.74, 6) is 0.473. The molecule has 0 aliphatic carbocycles. The predicted molar refractivity (Wildman–Crippen MR) is 155 cm³/mol. The van der Waals surface area contributed by atoms with Crippen molar-refractivity contribution in [3.63, 3.8) is 0 Å². The number of thiazole rings is 1. The van der Waals surface area contributed by atoms with Gasteiger partial charge in [0.1, 0.15) is 5.75 Å². The molecule has 0 bridgehead atoms. The van der Waals surface area contributed by atoms with E-state index < -0.39 is 12.0 Å². The molecule has 0 spiro atoms. The van der Waals surface area contributed by atoms with Crippen molar-refractivity contribution < 1.29 is 24.1 Å². The highest BCUT2D eigenvalue weighted by molar-refractivity contribution is 14.1. The van der Waals surface area contributed by atoms with Gasteiger partial charge in [-0.15, -0.1) is 0 Å². The summed E-state index contributed by atoms with van der Waals surface area (Å²) in [7, 11) is 1.53. The van der Waals surface area contributed by atoms with Crippen molar-refractivity contribution in [2.45, 2.75) is 39.8 Å². The van der Waals surface area contributed by atoms with Crippen LogP contribution in [0.1, 0.15) is 44.9 Å². The zero-order valence-corrected chi connectivity index (χ0v) is 25.1. The van der Waals surface area contributed by atoms with Crippen molar-refractivity contribution in [2.24, 2.45) is 4.99 Å². The summed E-state index contributed by atoms with van der Waals surface area (Å²) >= 11 is 9.33. The number of carbonyl (C=O) groups excluding carboxylic acids is 1. The molecule has 2 aromatic carbocycles. The topological polar surface area (TPSA) is 99.4 Å². The Bertz CT molecular complexity index is 1630. The van der Waals surface area contributed by atoms with E-state index in [1.165, 1.54) is 11.7 Å². The quantitative estimate of drug-likeness (QED) is 0.293. The van der Waals surface area contributed by atoms with Crippen molar-refractivity contribution >= 4 is 57.6 Å². The van der Waals surface area contributed by atoms with Crippen molar-refractivity contribution in [1.29, 1.82) is 0 Å². The molecule has 200 valence electrons. The highest BCUT2D eigenvalue weighted by atomic mass is 127. The minimum Gasteiger partial charge on any atom is -0.506 e. The molecule has 11 heteroatoms. The van der Waals surface area contributed by atoms with Crippen LogP contribution in [0.4, 0.5) is 0 Å². The van der Waals surface area contributed by atoms with Crippen LogP contribution in [0.5, 0.6) is 17.2 Å². The SMILES string of the molecule is CCOC(=O)C1=C(C)N=c2s/c(=C\c3cc(Cl)cc(I)c3O)c(=O)n2[C@@H]1c1ccc(OC(C)C)c(OC)c1. The molecular formula is C27H26ClIN2O6S. The summed E-state index contributed by atoms with van der Waals surface area (Å²) < 4.78 is 19.1. The second kappa shape index (κ2) is 11.5. The number of halogens is 2. The standard InChI is InChI=1S/C27H26ClIN2O6S/c1-6-36-26(34)22-14(4)30-27-31(23(22)15-7-8-19(37-13(2)3)20(10-15)35-5)25(33)21(38-27)11-16-9-17(28)12-18(29)24(16)32/h7-13,23,32H,6H2,1-5H3/b21-11-/t23-/m1/s1. The number of aromatic nitrogens is 1. The summed E-state index contributed by atoms with van der Waals surface area (Å²) in [6.07, 6.45) is 1.50. The number of phenolic OH excluding ortho intramolecular Hbond substituents is 1. The number of rotatable bonds is 7. The number of methoxy groups -OCH3 is 1. The number of benzene rings is 2. The van der Waals surface area contributed by atoms with Gasteiger partial charge in [0.15, 0.2) is 16.3 Å². The number of nitrogens with zero attached hydrogens (tertiary/aromatic N) is 2. The smallest absolute Gasteiger partial charge is 0.338 e. The first-order valence-corrected chi connectivity index (χ1v) is 14.0. The molecule has 4 rings (SSSR count). The van der Waals surface area contributed by atoms with Crippen LogP contribution in [-0.2, 0) is 9.53 Å². The van der Waals surface area contributed by atoms with Crippen LogP contribution in [0.25, 0.3) is 6.08 Å². The molecule has 0 unspecified atom stereocenters. The van der Waals surface area contributed by atoms with Crippen LogP contribution in [0.2, 0.25) is 5.02 Å². The Morgan fingerprint density at radius 1 is 1.29 bits per heavy atom. The highest BCUT2D eigenvalue weighted by Crippen LogP contribution is 2.36. The lowest BCUT2D eigenvalue weighted by Gasteiger charge is -2.25. The second-order valence-electron chi connectivity index (χ2n) is 8.70. The Balaban J connectivity index is 1.97. The van der Waals surface area contributed by atoms with Gasteiger partial charge in [-0.3, -0.25) is 9.36 Å². The number of carbonyl (C=O) groups is 1. The molecule has 1 atom stereocenters. The van der Waals surface area contributed by atoms with E-state index in [2.05, 4.69) is 4.99 Å². The zero-order valence-electron chi connectivity index (χ0n) is 21.4. The van der Waals surface area contributed by atoms with Gasteiger partial charge in [0.2, 0.25) is 0 Å². The molecule has 1 N–H and O–H groups in total. The first kappa shape index (κ1) is 28.2. The number of aromatic hydroxyl groups is 1. The minimum absolute atomic E-state index is 0.0197. The number of hydrogen-bond donors (Lipinski definition) is 1. The summed E-state index contributed by atoms with van der Waals surface area (Å²) in [6, 6.07) is 7.71. The maximum absolute atomic E-state index is 13.8. The lowest BCUT2D eigenvalue weighted by Crippen LogP contribution is -2.40. The molecule has 0 amide bonds. The number of fused-ring (bicyclic) bond motifs is 1. The van der Waals surface area contributed by atoms with Crippen LogP contribution in [0.3, 0.4) is 0 Å². The number of hydrogen-bond acceptors (Lipinski definition) is 8. The fourth-order valence-electron chi connectivity index (χ4n) is 4.15. The van der Waals surface area contributed by atoms with Crippen molar-refractivity contribution in [3.8, 4) is 17.2 Å². The van der Waals surface area contributed by atoms with Gasteiger partial charge >= 0.3 is 5.97 Å². The third-order valence-corrected chi connectivity index (χ3v) is 7.75. The van der Waals surface area contributed by atoms with Crippen molar-refractivity contribution in [3.05, 3.63) is 81.0 Å². The lowest BCUT2D eigenvalue weighted by atomic mass is 9.95. The molecule has 0 saturated carbocycles. The molecule has 2 heterocycles. The molecule has 1 aliphatic heterocycles. The molecular weight excluding hydrogens is 643 g/mol. The molecule has 1 aromatic heterocycles. The Morgan fingerprint density at radius 2 is 2.03 bits per heavy atom. The third kappa shape index (κ3) is 5.48. The van der Waals surface area contributed by atoms with E-state index >= 15 is 0 Å². The average Bonchev–Trinajstić information content (AvgIpc) is 3.15. The number of esters is 1. The molecule has 0 saturated heterocycles. The minimum atomic E-state index is -0.817. The van der Waals surface area contributed by atoms with Gasteiger partial charge in [-0.1, -0.05) is 29.0 Å². The number of ether oxygens (including phenoxy) is 3. The van der Waals surface area contributed by atoms with Crippen molar-refractivity contribution in [2.75, 3.05) is 13.7 Å². The fourth-order valence-corrected chi connectivity index (χ4v) is 6.24. The van der Waals surface area contributed by atoms with Gasteiger partial charge in [0.05, 0.1) is 45.2 Å². The largest absolute Gasteiger partial charge is 0.506 e. The highest BCUT2D eigenvalue weighted by Gasteiger charge is 2.34. The summed E-state index contributed by atoms with van der Waals surface area (Å²) in [6.45, 7) is 7.43. The average molecular weight is 669 g/mol. The van der Waals surface area contributed by atoms with Gasteiger partial charge in [-0.25, -0.2) is 9.79 Å². The van der Waals surface area contributed by atoms with E-state index in [0.717, 1.165) is 11.3 Å². The normalized spacial score (nSPS) is 15.4. The first-order chi connectivity index (χ1) is 18.0. The monoisotopic (exact) mass is 668 g/mol. The molecule has 0 fully saturated rings. The van der Waals surface area contributed by atoms with Crippen LogP contribution >= 0.6 is 45.5 Å². The Hall–Kier alpha value is -2.83. The Labute approximate surface area is 242 Å². The lowest BCUT2D eigenvalue weighted by molar-refractivity contribution is -0.139. The van der Waals surface area contributed by atoms with Gasteiger partial charge in [-0.05, 0) is 86.2 Å². The molecule has 3 aromatic rings. The molecule has 38 heavy (non-hydrogen) atoms. The maximum Gasteiger partial charge on any atom is 0.338 e. The Kier molecular flexibility index (Phi) is 8.53. The van der Waals surface area contributed by atoms with E-state index in [4.69, 9.17) is 25.8 Å². The van der Waals surface area contributed by atoms with Crippen LogP contribution < -0.4 is 24.4 Å². The maximum atomic E-state index is 13.8. The Morgan fingerprint density at radius 3 is 2.68 bits per heavy atom. The summed E-state index contributed by atoms with van der Waals surface area (Å²) in [5.41, 5.74) is 1.36. The van der Waals surface area contributed by atoms with E-state index in [1.807, 2.05) is 36.4 Å². The molecule has 0 radical (unpaired) electrons. The summed E-state index contributed by atoms with van der Waals surface area (Å²) in [5, 5.41) is 11.0. The molecule has 8 nitrogen and oxygen atoms in total.